The number of anilines is 1. The van der Waals surface area contributed by atoms with Gasteiger partial charge in [0.15, 0.2) is 0 Å². The lowest BCUT2D eigenvalue weighted by atomic mass is 10.1. The number of hydrogen-bond acceptors (Lipinski definition) is 6. The van der Waals surface area contributed by atoms with Crippen LogP contribution in [0.4, 0.5) is 11.4 Å². The van der Waals surface area contributed by atoms with Gasteiger partial charge in [-0.25, -0.2) is 0 Å². The van der Waals surface area contributed by atoms with Crippen molar-refractivity contribution in [3.8, 4) is 5.75 Å². The number of nitrogens with two attached hydrogens (primary N) is 1. The van der Waals surface area contributed by atoms with Gasteiger partial charge in [-0.1, -0.05) is 30.3 Å². The zero-order valence-electron chi connectivity index (χ0n) is 15.7. The van der Waals surface area contributed by atoms with E-state index in [1.807, 2.05) is 35.2 Å². The maximum Gasteiger partial charge on any atom is 0.273 e. The summed E-state index contributed by atoms with van der Waals surface area (Å²) in [5.74, 6) is 0.0101. The minimum absolute atomic E-state index is 0. The molecule has 0 heterocycles. The van der Waals surface area contributed by atoms with Crippen LogP contribution >= 0.6 is 12.4 Å². The van der Waals surface area contributed by atoms with E-state index < -0.39 is 4.92 Å². The number of ether oxygens (including phenoxy) is 1. The summed E-state index contributed by atoms with van der Waals surface area (Å²) in [5, 5.41) is 13.6. The first-order chi connectivity index (χ1) is 13.0. The molecule has 1 amide bonds. The number of rotatable bonds is 10. The average molecular weight is 409 g/mol. The Kier molecular flexibility index (Phi) is 9.94. The summed E-state index contributed by atoms with van der Waals surface area (Å²) >= 11 is 0. The number of methoxy groups -OCH3 is 1. The highest BCUT2D eigenvalue weighted by Crippen LogP contribution is 2.28. The van der Waals surface area contributed by atoms with Gasteiger partial charge >= 0.3 is 0 Å². The molecule has 0 spiro atoms. The number of non-ortho nitro benzene ring substituents is 1. The highest BCUT2D eigenvalue weighted by Gasteiger charge is 2.15. The molecule has 0 radical (unpaired) electrons. The minimum atomic E-state index is -0.513. The van der Waals surface area contributed by atoms with Crippen molar-refractivity contribution in [3.63, 3.8) is 0 Å². The second-order valence-corrected chi connectivity index (χ2v) is 5.99. The first-order valence-electron chi connectivity index (χ1n) is 8.62. The number of benzene rings is 2. The van der Waals surface area contributed by atoms with E-state index in [9.17, 15) is 14.9 Å². The van der Waals surface area contributed by atoms with Crippen molar-refractivity contribution < 1.29 is 14.5 Å². The molecule has 0 aliphatic heterocycles. The fourth-order valence-corrected chi connectivity index (χ4v) is 2.67. The summed E-state index contributed by atoms with van der Waals surface area (Å²) in [6.45, 7) is 1.91. The van der Waals surface area contributed by atoms with Gasteiger partial charge in [-0.3, -0.25) is 19.8 Å². The van der Waals surface area contributed by atoms with E-state index in [0.29, 0.717) is 25.3 Å². The highest BCUT2D eigenvalue weighted by molar-refractivity contribution is 5.93. The molecule has 0 unspecified atom stereocenters. The summed E-state index contributed by atoms with van der Waals surface area (Å²) in [4.78, 5) is 24.7. The second kappa shape index (κ2) is 11.9. The van der Waals surface area contributed by atoms with E-state index in [1.54, 1.807) is 0 Å². The number of carbonyl (C=O) groups excluding carboxylic acids is 1. The third-order valence-corrected chi connectivity index (χ3v) is 4.04. The summed E-state index contributed by atoms with van der Waals surface area (Å²) in [6.07, 6.45) is 0.814. The van der Waals surface area contributed by atoms with Gasteiger partial charge in [-0.2, -0.15) is 0 Å². The Balaban J connectivity index is 0.00000392. The molecule has 2 aromatic rings. The van der Waals surface area contributed by atoms with Crippen LogP contribution in [-0.2, 0) is 11.2 Å². The quantitative estimate of drug-likeness (QED) is 0.461. The third-order valence-electron chi connectivity index (χ3n) is 4.04. The molecule has 152 valence electrons. The largest absolute Gasteiger partial charge is 0.494 e. The van der Waals surface area contributed by atoms with Gasteiger partial charge in [0.25, 0.3) is 5.69 Å². The average Bonchev–Trinajstić information content (AvgIpc) is 2.67. The fourth-order valence-electron chi connectivity index (χ4n) is 2.67. The first kappa shape index (κ1) is 23.4. The van der Waals surface area contributed by atoms with Crippen LogP contribution in [0.5, 0.6) is 5.75 Å². The number of amides is 1. The zero-order valence-corrected chi connectivity index (χ0v) is 16.5. The molecule has 0 aliphatic carbocycles. The van der Waals surface area contributed by atoms with Crippen molar-refractivity contribution in [3.05, 3.63) is 64.2 Å². The van der Waals surface area contributed by atoms with E-state index in [4.69, 9.17) is 10.5 Å². The third kappa shape index (κ3) is 7.15. The predicted molar refractivity (Wildman–Crippen MR) is 111 cm³/mol. The lowest BCUT2D eigenvalue weighted by Gasteiger charge is -2.21. The van der Waals surface area contributed by atoms with Gasteiger partial charge < -0.3 is 15.8 Å². The molecule has 28 heavy (non-hydrogen) atoms. The number of nitro benzene ring substituents is 1. The fraction of sp³-hybridized carbons (Fsp3) is 0.316. The van der Waals surface area contributed by atoms with Gasteiger partial charge in [-0.05, 0) is 18.1 Å². The van der Waals surface area contributed by atoms with Crippen molar-refractivity contribution in [1.29, 1.82) is 0 Å². The van der Waals surface area contributed by atoms with E-state index >= 15 is 0 Å². The normalized spacial score (nSPS) is 10.2. The Labute approximate surface area is 170 Å². The van der Waals surface area contributed by atoms with E-state index in [-0.39, 0.29) is 36.3 Å². The van der Waals surface area contributed by atoms with Crippen LogP contribution in [0.15, 0.2) is 48.5 Å². The molecule has 8 nitrogen and oxygen atoms in total. The number of carbonyl (C=O) groups is 1. The Bertz CT molecular complexity index is 774. The molecule has 9 heteroatoms. The van der Waals surface area contributed by atoms with Crippen LogP contribution in [-0.4, -0.2) is 49.0 Å². The molecule has 2 rings (SSSR count). The smallest absolute Gasteiger partial charge is 0.273 e. The van der Waals surface area contributed by atoms with E-state index in [0.717, 1.165) is 6.42 Å². The van der Waals surface area contributed by atoms with Gasteiger partial charge in [0, 0.05) is 25.7 Å². The van der Waals surface area contributed by atoms with Crippen LogP contribution in [0.25, 0.3) is 0 Å². The molecule has 0 aromatic heterocycles. The van der Waals surface area contributed by atoms with Crippen LogP contribution in [0.3, 0.4) is 0 Å². The molecule has 0 saturated carbocycles. The predicted octanol–water partition coefficient (Wildman–Crippen LogP) is 2.47. The van der Waals surface area contributed by atoms with Gasteiger partial charge in [-0.15, -0.1) is 12.4 Å². The Morgan fingerprint density at radius 3 is 2.54 bits per heavy atom. The van der Waals surface area contributed by atoms with Crippen molar-refractivity contribution in [2.75, 3.05) is 38.6 Å². The van der Waals surface area contributed by atoms with Crippen LogP contribution in [0.1, 0.15) is 5.56 Å². The van der Waals surface area contributed by atoms with Gasteiger partial charge in [0.05, 0.1) is 30.3 Å². The van der Waals surface area contributed by atoms with Crippen molar-refractivity contribution in [2.45, 2.75) is 6.42 Å². The van der Waals surface area contributed by atoms with Crippen molar-refractivity contribution in [2.24, 2.45) is 5.73 Å². The van der Waals surface area contributed by atoms with Crippen LogP contribution < -0.4 is 15.8 Å². The summed E-state index contributed by atoms with van der Waals surface area (Å²) in [5.41, 5.74) is 7.14. The molecule has 0 atom stereocenters. The SMILES string of the molecule is COc1cc([N+](=O)[O-])ccc1NC(=O)CN(CCN)CCc1ccccc1.Cl. The van der Waals surface area contributed by atoms with E-state index in [2.05, 4.69) is 5.32 Å². The summed E-state index contributed by atoms with van der Waals surface area (Å²) in [7, 11) is 1.40. The molecule has 0 bridgehead atoms. The number of nitrogens with one attached hydrogen (secondary N) is 1. The maximum absolute atomic E-state index is 12.4. The second-order valence-electron chi connectivity index (χ2n) is 5.99. The van der Waals surface area contributed by atoms with Crippen LogP contribution in [0, 0.1) is 10.1 Å². The first-order valence-corrected chi connectivity index (χ1v) is 8.62. The number of nitro groups is 1. The summed E-state index contributed by atoms with van der Waals surface area (Å²) in [6, 6.07) is 14.1. The van der Waals surface area contributed by atoms with E-state index in [1.165, 1.54) is 30.9 Å². The van der Waals surface area contributed by atoms with Crippen molar-refractivity contribution in [1.82, 2.24) is 4.90 Å². The van der Waals surface area contributed by atoms with Crippen molar-refractivity contribution >= 4 is 29.7 Å². The lowest BCUT2D eigenvalue weighted by Crippen LogP contribution is -2.38. The number of halogens is 1. The monoisotopic (exact) mass is 408 g/mol. The number of nitrogens with zero attached hydrogens (tertiary/aromatic N) is 2. The molecule has 0 aliphatic rings. The standard InChI is InChI=1S/C19H24N4O4.ClH/c1-27-18-13-16(23(25)26)7-8-17(18)21-19(24)14-22(12-10-20)11-9-15-5-3-2-4-6-15;/h2-8,13H,9-12,14,20H2,1H3,(H,21,24);1H. The molecular formula is C19H25ClN4O4. The Morgan fingerprint density at radius 1 is 1.21 bits per heavy atom. The zero-order chi connectivity index (χ0) is 19.6. The van der Waals surface area contributed by atoms with Gasteiger partial charge in [0.1, 0.15) is 5.75 Å². The summed E-state index contributed by atoms with van der Waals surface area (Å²) < 4.78 is 5.14. The maximum atomic E-state index is 12.4. The molecular weight excluding hydrogens is 384 g/mol. The van der Waals surface area contributed by atoms with Crippen LogP contribution in [0.2, 0.25) is 0 Å². The number of hydrogen-bond donors (Lipinski definition) is 2. The molecule has 0 saturated heterocycles. The van der Waals surface area contributed by atoms with Gasteiger partial charge in [0.2, 0.25) is 5.91 Å². The Hall–Kier alpha value is -2.68. The minimum Gasteiger partial charge on any atom is -0.494 e. The Morgan fingerprint density at radius 2 is 1.93 bits per heavy atom. The molecule has 0 fully saturated rings. The molecule has 2 aromatic carbocycles. The lowest BCUT2D eigenvalue weighted by molar-refractivity contribution is -0.384. The topological polar surface area (TPSA) is 111 Å². The molecule has 3 N–H and O–H groups in total. The highest BCUT2D eigenvalue weighted by atomic mass is 35.5.